The minimum Gasteiger partial charge on any atom is -0.487 e. The first-order valence-corrected chi connectivity index (χ1v) is 10.8. The molecule has 0 saturated carbocycles. The predicted octanol–water partition coefficient (Wildman–Crippen LogP) is 2.72. The van der Waals surface area contributed by atoms with Crippen LogP contribution in [0, 0.1) is 0 Å². The van der Waals surface area contributed by atoms with Crippen LogP contribution in [0.3, 0.4) is 0 Å². The van der Waals surface area contributed by atoms with E-state index < -0.39 is 15.8 Å². The highest BCUT2D eigenvalue weighted by Gasteiger charge is 2.35. The van der Waals surface area contributed by atoms with Gasteiger partial charge < -0.3 is 10.1 Å². The Balaban J connectivity index is 1.84. The Kier molecular flexibility index (Phi) is 5.86. The molecule has 2 aromatic carbocycles. The first-order chi connectivity index (χ1) is 13.6. The molecule has 7 nitrogen and oxygen atoms in total. The maximum absolute atomic E-state index is 12.9. The zero-order chi connectivity index (χ0) is 21.2. The van der Waals surface area contributed by atoms with Gasteiger partial charge in [-0.25, -0.2) is 4.31 Å². The highest BCUT2D eigenvalue weighted by atomic mass is 32.2. The third-order valence-electron chi connectivity index (χ3n) is 4.78. The summed E-state index contributed by atoms with van der Waals surface area (Å²) in [4.78, 5) is 12.9. The first-order valence-electron chi connectivity index (χ1n) is 9.43. The van der Waals surface area contributed by atoms with Crippen LogP contribution >= 0.6 is 0 Å². The summed E-state index contributed by atoms with van der Waals surface area (Å²) in [5, 5.41) is 3.00. The average molecular weight is 418 g/mol. The third kappa shape index (κ3) is 4.71. The zero-order valence-electron chi connectivity index (χ0n) is 17.1. The molecule has 0 radical (unpaired) electrons. The Morgan fingerprint density at radius 3 is 2.38 bits per heavy atom. The van der Waals surface area contributed by atoms with Gasteiger partial charge in [-0.3, -0.25) is 4.79 Å². The van der Waals surface area contributed by atoms with E-state index in [-0.39, 0.29) is 18.5 Å². The second-order valence-corrected chi connectivity index (χ2v) is 9.92. The lowest BCUT2D eigenvalue weighted by Crippen LogP contribution is -2.48. The smallest absolute Gasteiger partial charge is 0.304 e. The van der Waals surface area contributed by atoms with Crippen LogP contribution in [0.1, 0.15) is 31.9 Å². The standard InChI is InChI=1S/C21H27N3O4S/c1-21(2)14-18(17-12-8-9-13-19(17)28-21)22-20(25)15-24(29(26,27)23(3)4)16-10-6-5-7-11-16/h5-13,18H,14-15H2,1-4H3,(H,22,25)/t18-/m1/s1. The van der Waals surface area contributed by atoms with Crippen LogP contribution in [0.2, 0.25) is 0 Å². The summed E-state index contributed by atoms with van der Waals surface area (Å²) in [7, 11) is -0.940. The number of benzene rings is 2. The highest BCUT2D eigenvalue weighted by molar-refractivity contribution is 7.90. The fraction of sp³-hybridized carbons (Fsp3) is 0.381. The molecule has 0 spiro atoms. The van der Waals surface area contributed by atoms with Gasteiger partial charge in [-0.05, 0) is 32.0 Å². The molecule has 0 fully saturated rings. The summed E-state index contributed by atoms with van der Waals surface area (Å²) in [5.74, 6) is 0.353. The van der Waals surface area contributed by atoms with Gasteiger partial charge in [-0.1, -0.05) is 36.4 Å². The minimum absolute atomic E-state index is 0.262. The molecule has 0 unspecified atom stereocenters. The Hall–Kier alpha value is -2.58. The monoisotopic (exact) mass is 417 g/mol. The van der Waals surface area contributed by atoms with Gasteiger partial charge in [-0.2, -0.15) is 12.7 Å². The predicted molar refractivity (Wildman–Crippen MR) is 113 cm³/mol. The lowest BCUT2D eigenvalue weighted by molar-refractivity contribution is -0.120. The molecule has 0 aliphatic carbocycles. The van der Waals surface area contributed by atoms with Crippen molar-refractivity contribution in [3.8, 4) is 5.75 Å². The number of hydrogen-bond acceptors (Lipinski definition) is 4. The number of hydrogen-bond donors (Lipinski definition) is 1. The molecule has 1 amide bonds. The fourth-order valence-electron chi connectivity index (χ4n) is 3.40. The van der Waals surface area contributed by atoms with Crippen molar-refractivity contribution in [3.63, 3.8) is 0 Å². The van der Waals surface area contributed by atoms with Crippen molar-refractivity contribution in [1.29, 1.82) is 0 Å². The van der Waals surface area contributed by atoms with Gasteiger partial charge in [0.25, 0.3) is 0 Å². The van der Waals surface area contributed by atoms with E-state index in [1.165, 1.54) is 14.1 Å². The molecule has 1 aliphatic heterocycles. The van der Waals surface area contributed by atoms with E-state index in [0.29, 0.717) is 12.1 Å². The number of para-hydroxylation sites is 2. The molecule has 2 aromatic rings. The Morgan fingerprint density at radius 2 is 1.72 bits per heavy atom. The Bertz CT molecular complexity index is 974. The molecule has 3 rings (SSSR count). The van der Waals surface area contributed by atoms with Gasteiger partial charge in [0.2, 0.25) is 5.91 Å². The van der Waals surface area contributed by atoms with Crippen molar-refractivity contribution >= 4 is 21.8 Å². The third-order valence-corrected chi connectivity index (χ3v) is 6.60. The van der Waals surface area contributed by atoms with Crippen molar-refractivity contribution in [1.82, 2.24) is 9.62 Å². The molecule has 29 heavy (non-hydrogen) atoms. The number of carbonyl (C=O) groups is 1. The van der Waals surface area contributed by atoms with Crippen LogP contribution in [0.15, 0.2) is 54.6 Å². The number of fused-ring (bicyclic) bond motifs is 1. The molecule has 1 heterocycles. The number of nitrogens with zero attached hydrogens (tertiary/aromatic N) is 2. The number of rotatable bonds is 6. The summed E-state index contributed by atoms with van der Waals surface area (Å²) in [6.45, 7) is 3.62. The number of amides is 1. The van der Waals surface area contributed by atoms with E-state index in [1.807, 2.05) is 38.1 Å². The van der Waals surface area contributed by atoms with Gasteiger partial charge in [0.05, 0.1) is 11.7 Å². The molecular weight excluding hydrogens is 390 g/mol. The second kappa shape index (κ2) is 8.04. The number of carbonyl (C=O) groups excluding carboxylic acids is 1. The summed E-state index contributed by atoms with van der Waals surface area (Å²) < 4.78 is 33.8. The van der Waals surface area contributed by atoms with E-state index in [4.69, 9.17) is 4.74 Å². The summed E-state index contributed by atoms with van der Waals surface area (Å²) in [6, 6.07) is 15.9. The average Bonchev–Trinajstić information content (AvgIpc) is 2.65. The van der Waals surface area contributed by atoms with Crippen molar-refractivity contribution in [2.45, 2.75) is 31.9 Å². The fourth-order valence-corrected chi connectivity index (χ4v) is 4.46. The number of anilines is 1. The molecule has 1 aliphatic rings. The first kappa shape index (κ1) is 21.1. The van der Waals surface area contributed by atoms with E-state index in [1.54, 1.807) is 30.3 Å². The van der Waals surface area contributed by atoms with Crippen LogP contribution in [0.25, 0.3) is 0 Å². The normalized spacial score (nSPS) is 17.9. The van der Waals surface area contributed by atoms with E-state index >= 15 is 0 Å². The largest absolute Gasteiger partial charge is 0.487 e. The van der Waals surface area contributed by atoms with Gasteiger partial charge in [-0.15, -0.1) is 0 Å². The van der Waals surface area contributed by atoms with Crippen LogP contribution in [0.5, 0.6) is 5.75 Å². The van der Waals surface area contributed by atoms with Crippen molar-refractivity contribution < 1.29 is 17.9 Å². The lowest BCUT2D eigenvalue weighted by atomic mass is 9.89. The minimum atomic E-state index is -3.83. The number of nitrogens with one attached hydrogen (secondary N) is 1. The maximum Gasteiger partial charge on any atom is 0.304 e. The van der Waals surface area contributed by atoms with Gasteiger partial charge in [0, 0.05) is 26.1 Å². The van der Waals surface area contributed by atoms with Crippen molar-refractivity contribution in [3.05, 3.63) is 60.2 Å². The van der Waals surface area contributed by atoms with Gasteiger partial charge in [0.15, 0.2) is 0 Å². The number of ether oxygens (including phenoxy) is 1. The topological polar surface area (TPSA) is 79.0 Å². The van der Waals surface area contributed by atoms with Crippen LogP contribution in [-0.2, 0) is 15.0 Å². The maximum atomic E-state index is 12.9. The van der Waals surface area contributed by atoms with E-state index in [9.17, 15) is 13.2 Å². The Labute approximate surface area is 172 Å². The summed E-state index contributed by atoms with van der Waals surface area (Å²) >= 11 is 0. The Morgan fingerprint density at radius 1 is 1.10 bits per heavy atom. The molecule has 0 bridgehead atoms. The van der Waals surface area contributed by atoms with Gasteiger partial charge >= 0.3 is 10.2 Å². The molecule has 1 atom stereocenters. The van der Waals surface area contributed by atoms with Crippen LogP contribution in [0.4, 0.5) is 5.69 Å². The molecule has 8 heteroatoms. The molecule has 1 N–H and O–H groups in total. The SMILES string of the molecule is CN(C)S(=O)(=O)N(CC(=O)N[C@@H]1CC(C)(C)Oc2ccccc21)c1ccccc1. The summed E-state index contributed by atoms with van der Waals surface area (Å²) in [6.07, 6.45) is 0.585. The van der Waals surface area contributed by atoms with Crippen molar-refractivity contribution in [2.24, 2.45) is 0 Å². The lowest BCUT2D eigenvalue weighted by Gasteiger charge is -2.38. The van der Waals surface area contributed by atoms with Crippen molar-refractivity contribution in [2.75, 3.05) is 24.9 Å². The molecule has 156 valence electrons. The molecular formula is C21H27N3O4S. The van der Waals surface area contributed by atoms with E-state index in [0.717, 1.165) is 19.9 Å². The van der Waals surface area contributed by atoms with Crippen LogP contribution in [-0.4, -0.2) is 44.9 Å². The van der Waals surface area contributed by atoms with E-state index in [2.05, 4.69) is 5.32 Å². The quantitative estimate of drug-likeness (QED) is 0.784. The molecule has 0 aromatic heterocycles. The zero-order valence-corrected chi connectivity index (χ0v) is 17.9. The van der Waals surface area contributed by atoms with Gasteiger partial charge in [0.1, 0.15) is 17.9 Å². The molecule has 0 saturated heterocycles. The second-order valence-electron chi connectivity index (χ2n) is 7.86. The van der Waals surface area contributed by atoms with Crippen LogP contribution < -0.4 is 14.4 Å². The highest BCUT2D eigenvalue weighted by Crippen LogP contribution is 2.39. The summed E-state index contributed by atoms with van der Waals surface area (Å²) in [5.41, 5.74) is 0.882.